The van der Waals surface area contributed by atoms with E-state index in [-0.39, 0.29) is 0 Å². The molecule has 0 bridgehead atoms. The number of ether oxygens (including phenoxy) is 1. The van der Waals surface area contributed by atoms with Crippen LogP contribution in [0.4, 0.5) is 5.69 Å². The Morgan fingerprint density at radius 1 is 0.943 bits per heavy atom. The molecule has 0 spiro atoms. The van der Waals surface area contributed by atoms with Gasteiger partial charge in [-0.15, -0.1) is 0 Å². The Balaban J connectivity index is 1.14. The van der Waals surface area contributed by atoms with Gasteiger partial charge < -0.3 is 14.2 Å². The monoisotopic (exact) mass is 470 g/mol. The van der Waals surface area contributed by atoms with Crippen LogP contribution in [0.1, 0.15) is 12.7 Å². The minimum Gasteiger partial charge on any atom is -0.497 e. The van der Waals surface area contributed by atoms with Gasteiger partial charge in [0.2, 0.25) is 0 Å². The van der Waals surface area contributed by atoms with E-state index in [0.29, 0.717) is 0 Å². The third kappa shape index (κ3) is 5.50. The fraction of sp³-hybridized carbons (Fsp3) is 0.345. The summed E-state index contributed by atoms with van der Waals surface area (Å²) in [6.45, 7) is 10.3. The molecule has 1 aliphatic rings. The average Bonchev–Trinajstić information content (AvgIpc) is 3.39. The van der Waals surface area contributed by atoms with Crippen LogP contribution in [-0.4, -0.2) is 67.9 Å². The van der Waals surface area contributed by atoms with Gasteiger partial charge in [0.1, 0.15) is 11.4 Å². The molecule has 6 heteroatoms. The van der Waals surface area contributed by atoms with Crippen LogP contribution in [0.15, 0.2) is 77.3 Å². The van der Waals surface area contributed by atoms with Gasteiger partial charge in [0, 0.05) is 56.6 Å². The Morgan fingerprint density at radius 3 is 2.49 bits per heavy atom. The van der Waals surface area contributed by atoms with Crippen molar-refractivity contribution in [1.82, 2.24) is 15.0 Å². The van der Waals surface area contributed by atoms with Crippen molar-refractivity contribution < 1.29 is 9.26 Å². The SMILES string of the molecule is CCN(CCN1CCN(c2ccc(OC)cc2)CC1)Cc1cc(-c2cccc3ccccc23)no1. The highest BCUT2D eigenvalue weighted by molar-refractivity contribution is 5.95. The van der Waals surface area contributed by atoms with Crippen LogP contribution in [0, 0.1) is 0 Å². The molecule has 6 nitrogen and oxygen atoms in total. The summed E-state index contributed by atoms with van der Waals surface area (Å²) in [4.78, 5) is 7.45. The van der Waals surface area contributed by atoms with Gasteiger partial charge in [0.05, 0.1) is 13.7 Å². The number of anilines is 1. The number of hydrogen-bond acceptors (Lipinski definition) is 6. The first kappa shape index (κ1) is 23.4. The van der Waals surface area contributed by atoms with E-state index in [1.165, 1.54) is 16.5 Å². The van der Waals surface area contributed by atoms with Gasteiger partial charge in [-0.25, -0.2) is 0 Å². The molecule has 0 amide bonds. The van der Waals surface area contributed by atoms with E-state index in [2.05, 4.69) is 87.4 Å². The van der Waals surface area contributed by atoms with Crippen molar-refractivity contribution in [2.75, 3.05) is 57.8 Å². The highest BCUT2D eigenvalue weighted by atomic mass is 16.5. The topological polar surface area (TPSA) is 45.0 Å². The maximum absolute atomic E-state index is 5.75. The summed E-state index contributed by atoms with van der Waals surface area (Å²) in [6.07, 6.45) is 0. The number of methoxy groups -OCH3 is 1. The molecule has 1 aliphatic heterocycles. The quantitative estimate of drug-likeness (QED) is 0.337. The van der Waals surface area contributed by atoms with E-state index in [4.69, 9.17) is 9.26 Å². The zero-order valence-electron chi connectivity index (χ0n) is 20.7. The first-order chi connectivity index (χ1) is 17.2. The van der Waals surface area contributed by atoms with E-state index in [0.717, 1.165) is 75.1 Å². The third-order valence-corrected chi connectivity index (χ3v) is 6.99. The molecule has 1 saturated heterocycles. The van der Waals surface area contributed by atoms with Crippen molar-refractivity contribution in [2.45, 2.75) is 13.5 Å². The molecule has 0 unspecified atom stereocenters. The van der Waals surface area contributed by atoms with Gasteiger partial charge in [-0.2, -0.15) is 0 Å². The summed E-state index contributed by atoms with van der Waals surface area (Å²) in [6, 6.07) is 25.2. The molecule has 2 heterocycles. The van der Waals surface area contributed by atoms with Gasteiger partial charge in [0.25, 0.3) is 0 Å². The Bertz CT molecular complexity index is 1220. The highest BCUT2D eigenvalue weighted by Gasteiger charge is 2.18. The lowest BCUT2D eigenvalue weighted by atomic mass is 10.0. The number of rotatable bonds is 9. The second kappa shape index (κ2) is 10.9. The first-order valence-corrected chi connectivity index (χ1v) is 12.5. The molecule has 182 valence electrons. The molecule has 4 aromatic rings. The average molecular weight is 471 g/mol. The third-order valence-electron chi connectivity index (χ3n) is 6.99. The fourth-order valence-electron chi connectivity index (χ4n) is 4.84. The summed E-state index contributed by atoms with van der Waals surface area (Å²) in [5, 5.41) is 6.82. The number of benzene rings is 3. The van der Waals surface area contributed by atoms with E-state index in [9.17, 15) is 0 Å². The van der Waals surface area contributed by atoms with Crippen LogP contribution < -0.4 is 9.64 Å². The molecule has 35 heavy (non-hydrogen) atoms. The van der Waals surface area contributed by atoms with Gasteiger partial charge in [-0.3, -0.25) is 9.80 Å². The Morgan fingerprint density at radius 2 is 1.71 bits per heavy atom. The van der Waals surface area contributed by atoms with Crippen molar-refractivity contribution in [3.05, 3.63) is 78.6 Å². The molecule has 0 saturated carbocycles. The van der Waals surface area contributed by atoms with Crippen molar-refractivity contribution >= 4 is 16.5 Å². The largest absolute Gasteiger partial charge is 0.497 e. The van der Waals surface area contributed by atoms with Gasteiger partial charge in [-0.05, 0) is 41.6 Å². The smallest absolute Gasteiger partial charge is 0.151 e. The minimum absolute atomic E-state index is 0.778. The molecule has 1 fully saturated rings. The highest BCUT2D eigenvalue weighted by Crippen LogP contribution is 2.28. The van der Waals surface area contributed by atoms with Crippen LogP contribution in [0.5, 0.6) is 5.75 Å². The Kier molecular flexibility index (Phi) is 7.31. The zero-order valence-corrected chi connectivity index (χ0v) is 20.7. The standard InChI is InChI=1S/C29H34N4O2/c1-3-31(15-16-32-17-19-33(20-18-32)24-11-13-25(34-2)14-12-24)22-26-21-29(30-35-26)28-10-6-8-23-7-4-5-9-27(23)28/h4-14,21H,3,15-20,22H2,1-2H3. The predicted octanol–water partition coefficient (Wildman–Crippen LogP) is 5.15. The summed E-state index contributed by atoms with van der Waals surface area (Å²) in [7, 11) is 1.71. The molecule has 0 N–H and O–H groups in total. The number of aromatic nitrogens is 1. The molecule has 0 atom stereocenters. The van der Waals surface area contributed by atoms with Crippen molar-refractivity contribution in [3.8, 4) is 17.0 Å². The van der Waals surface area contributed by atoms with Crippen LogP contribution in [0.2, 0.25) is 0 Å². The van der Waals surface area contributed by atoms with E-state index in [1.807, 2.05) is 12.1 Å². The van der Waals surface area contributed by atoms with Crippen molar-refractivity contribution in [1.29, 1.82) is 0 Å². The number of fused-ring (bicyclic) bond motifs is 1. The lowest BCUT2D eigenvalue weighted by molar-refractivity contribution is 0.185. The summed E-state index contributed by atoms with van der Waals surface area (Å²) in [5.74, 6) is 1.82. The molecular weight excluding hydrogens is 436 g/mol. The molecule has 0 radical (unpaired) electrons. The van der Waals surface area contributed by atoms with E-state index >= 15 is 0 Å². The lowest BCUT2D eigenvalue weighted by Crippen LogP contribution is -2.48. The maximum atomic E-state index is 5.75. The minimum atomic E-state index is 0.778. The van der Waals surface area contributed by atoms with Crippen LogP contribution >= 0.6 is 0 Å². The molecule has 5 rings (SSSR count). The zero-order chi connectivity index (χ0) is 24.0. The molecule has 0 aliphatic carbocycles. The molecular formula is C29H34N4O2. The summed E-state index contributed by atoms with van der Waals surface area (Å²) in [5.41, 5.74) is 3.30. The molecule has 1 aromatic heterocycles. The summed E-state index contributed by atoms with van der Waals surface area (Å²) >= 11 is 0. The molecule has 3 aromatic carbocycles. The number of hydrogen-bond donors (Lipinski definition) is 0. The second-order valence-electron chi connectivity index (χ2n) is 9.10. The van der Waals surface area contributed by atoms with Gasteiger partial charge in [-0.1, -0.05) is 54.5 Å². The van der Waals surface area contributed by atoms with E-state index in [1.54, 1.807) is 7.11 Å². The Hall–Kier alpha value is -3.35. The maximum Gasteiger partial charge on any atom is 0.151 e. The van der Waals surface area contributed by atoms with Crippen molar-refractivity contribution in [3.63, 3.8) is 0 Å². The van der Waals surface area contributed by atoms with Crippen molar-refractivity contribution in [2.24, 2.45) is 0 Å². The van der Waals surface area contributed by atoms with Crippen LogP contribution in [0.25, 0.3) is 22.0 Å². The number of piperazine rings is 1. The van der Waals surface area contributed by atoms with Crippen LogP contribution in [-0.2, 0) is 6.54 Å². The number of nitrogens with zero attached hydrogens (tertiary/aromatic N) is 4. The normalized spacial score (nSPS) is 14.7. The fourth-order valence-corrected chi connectivity index (χ4v) is 4.84. The predicted molar refractivity (Wildman–Crippen MR) is 142 cm³/mol. The van der Waals surface area contributed by atoms with Gasteiger partial charge in [0.15, 0.2) is 5.76 Å². The second-order valence-corrected chi connectivity index (χ2v) is 9.10. The summed E-state index contributed by atoms with van der Waals surface area (Å²) < 4.78 is 11.0. The number of likely N-dealkylation sites (N-methyl/N-ethyl adjacent to an activating group) is 1. The first-order valence-electron chi connectivity index (χ1n) is 12.5. The Labute approximate surface area is 207 Å². The van der Waals surface area contributed by atoms with E-state index < -0.39 is 0 Å². The van der Waals surface area contributed by atoms with Crippen LogP contribution in [0.3, 0.4) is 0 Å². The van der Waals surface area contributed by atoms with Gasteiger partial charge >= 0.3 is 0 Å². The lowest BCUT2D eigenvalue weighted by Gasteiger charge is -2.37.